The molecule has 21 heavy (non-hydrogen) atoms. The van der Waals surface area contributed by atoms with Crippen LogP contribution in [-0.4, -0.2) is 12.6 Å². The summed E-state index contributed by atoms with van der Waals surface area (Å²) >= 11 is 0. The Bertz CT molecular complexity index is 608. The largest absolute Gasteiger partial charge is 0.466 e. The fourth-order valence-corrected chi connectivity index (χ4v) is 2.50. The minimum Gasteiger partial charge on any atom is -0.466 e. The molecule has 2 rings (SSSR count). The average molecular weight is 283 g/mol. The SMILES string of the molecule is CCOC(=O)C[C@H](N)c1cccc(-c2ccccc2)c1C. The van der Waals surface area contributed by atoms with Gasteiger partial charge in [-0.05, 0) is 36.1 Å². The van der Waals surface area contributed by atoms with Gasteiger partial charge in [0.15, 0.2) is 0 Å². The van der Waals surface area contributed by atoms with Crippen LogP contribution in [0.25, 0.3) is 11.1 Å². The lowest BCUT2D eigenvalue weighted by Gasteiger charge is -2.17. The molecule has 2 N–H and O–H groups in total. The monoisotopic (exact) mass is 283 g/mol. The van der Waals surface area contributed by atoms with E-state index in [1.165, 1.54) is 0 Å². The van der Waals surface area contributed by atoms with Crippen LogP contribution < -0.4 is 5.73 Å². The molecule has 2 aromatic carbocycles. The summed E-state index contributed by atoms with van der Waals surface area (Å²) in [5, 5.41) is 0. The number of rotatable bonds is 5. The van der Waals surface area contributed by atoms with Gasteiger partial charge in [-0.1, -0.05) is 48.5 Å². The van der Waals surface area contributed by atoms with Crippen molar-refractivity contribution < 1.29 is 9.53 Å². The second-order valence-corrected chi connectivity index (χ2v) is 5.00. The summed E-state index contributed by atoms with van der Waals surface area (Å²) in [4.78, 5) is 11.6. The van der Waals surface area contributed by atoms with Crippen LogP contribution in [0.1, 0.15) is 30.5 Å². The molecular weight excluding hydrogens is 262 g/mol. The zero-order valence-electron chi connectivity index (χ0n) is 12.5. The summed E-state index contributed by atoms with van der Waals surface area (Å²) < 4.78 is 4.97. The molecule has 0 aliphatic rings. The lowest BCUT2D eigenvalue weighted by Crippen LogP contribution is -2.18. The van der Waals surface area contributed by atoms with Crippen molar-refractivity contribution in [3.63, 3.8) is 0 Å². The highest BCUT2D eigenvalue weighted by Crippen LogP contribution is 2.29. The van der Waals surface area contributed by atoms with E-state index in [0.29, 0.717) is 6.61 Å². The Morgan fingerprint density at radius 2 is 1.86 bits per heavy atom. The molecule has 0 fully saturated rings. The lowest BCUT2D eigenvalue weighted by atomic mass is 9.92. The Labute approximate surface area is 125 Å². The molecule has 0 bridgehead atoms. The van der Waals surface area contributed by atoms with Crippen molar-refractivity contribution in [2.45, 2.75) is 26.3 Å². The molecule has 3 heteroatoms. The third-order valence-corrected chi connectivity index (χ3v) is 3.55. The van der Waals surface area contributed by atoms with Gasteiger partial charge < -0.3 is 10.5 Å². The third-order valence-electron chi connectivity index (χ3n) is 3.55. The van der Waals surface area contributed by atoms with Gasteiger partial charge in [-0.2, -0.15) is 0 Å². The number of ether oxygens (including phenoxy) is 1. The van der Waals surface area contributed by atoms with Crippen molar-refractivity contribution in [3.8, 4) is 11.1 Å². The molecule has 0 aliphatic carbocycles. The number of carbonyl (C=O) groups is 1. The molecule has 0 heterocycles. The van der Waals surface area contributed by atoms with Crippen LogP contribution in [0.5, 0.6) is 0 Å². The molecule has 3 nitrogen and oxygen atoms in total. The van der Waals surface area contributed by atoms with Crippen molar-refractivity contribution in [3.05, 3.63) is 59.7 Å². The highest BCUT2D eigenvalue weighted by Gasteiger charge is 2.16. The molecule has 0 unspecified atom stereocenters. The van der Waals surface area contributed by atoms with Crippen molar-refractivity contribution in [2.75, 3.05) is 6.61 Å². The van der Waals surface area contributed by atoms with Crippen LogP contribution >= 0.6 is 0 Å². The Hall–Kier alpha value is -2.13. The van der Waals surface area contributed by atoms with Crippen LogP contribution in [-0.2, 0) is 9.53 Å². The van der Waals surface area contributed by atoms with Gasteiger partial charge in [0, 0.05) is 6.04 Å². The fraction of sp³-hybridized carbons (Fsp3) is 0.278. The smallest absolute Gasteiger partial charge is 0.307 e. The standard InChI is InChI=1S/C18H21NO2/c1-3-21-18(20)12-17(19)16-11-7-10-15(13(16)2)14-8-5-4-6-9-14/h4-11,17H,3,12,19H2,1-2H3/t17-/m0/s1. The minimum absolute atomic E-state index is 0.201. The zero-order chi connectivity index (χ0) is 15.2. The maximum atomic E-state index is 11.6. The normalized spacial score (nSPS) is 12.0. The third kappa shape index (κ3) is 3.70. The number of esters is 1. The number of nitrogens with two attached hydrogens (primary N) is 1. The van der Waals surface area contributed by atoms with Crippen LogP contribution in [0.3, 0.4) is 0 Å². The summed E-state index contributed by atoms with van der Waals surface area (Å²) in [6.45, 7) is 4.22. The van der Waals surface area contributed by atoms with Crippen molar-refractivity contribution in [2.24, 2.45) is 5.73 Å². The van der Waals surface area contributed by atoms with Gasteiger partial charge in [0.25, 0.3) is 0 Å². The number of hydrogen-bond acceptors (Lipinski definition) is 3. The van der Waals surface area contributed by atoms with Crippen LogP contribution in [0.2, 0.25) is 0 Å². The van der Waals surface area contributed by atoms with E-state index in [0.717, 1.165) is 22.3 Å². The van der Waals surface area contributed by atoms with E-state index >= 15 is 0 Å². The van der Waals surface area contributed by atoms with Crippen LogP contribution in [0.4, 0.5) is 0 Å². The Morgan fingerprint density at radius 1 is 1.14 bits per heavy atom. The van der Waals surface area contributed by atoms with E-state index in [1.807, 2.05) is 37.3 Å². The molecule has 110 valence electrons. The molecular formula is C18H21NO2. The fourth-order valence-electron chi connectivity index (χ4n) is 2.50. The van der Waals surface area contributed by atoms with E-state index in [9.17, 15) is 4.79 Å². The number of hydrogen-bond donors (Lipinski definition) is 1. The van der Waals surface area contributed by atoms with E-state index in [4.69, 9.17) is 10.5 Å². The highest BCUT2D eigenvalue weighted by atomic mass is 16.5. The topological polar surface area (TPSA) is 52.3 Å². The quantitative estimate of drug-likeness (QED) is 0.853. The second-order valence-electron chi connectivity index (χ2n) is 5.00. The maximum absolute atomic E-state index is 11.6. The van der Waals surface area contributed by atoms with Crippen LogP contribution in [0, 0.1) is 6.92 Å². The highest BCUT2D eigenvalue weighted by molar-refractivity contribution is 5.72. The van der Waals surface area contributed by atoms with Gasteiger partial charge in [0.05, 0.1) is 13.0 Å². The molecule has 0 saturated carbocycles. The lowest BCUT2D eigenvalue weighted by molar-refractivity contribution is -0.143. The van der Waals surface area contributed by atoms with Gasteiger partial charge in [-0.3, -0.25) is 4.79 Å². The van der Waals surface area contributed by atoms with E-state index in [1.54, 1.807) is 6.92 Å². The first kappa shape index (κ1) is 15.3. The molecule has 0 saturated heterocycles. The summed E-state index contributed by atoms with van der Waals surface area (Å²) in [7, 11) is 0. The number of benzene rings is 2. The number of carbonyl (C=O) groups excluding carboxylic acids is 1. The van der Waals surface area contributed by atoms with E-state index in [2.05, 4.69) is 18.2 Å². The molecule has 2 aromatic rings. The van der Waals surface area contributed by atoms with Gasteiger partial charge in [-0.25, -0.2) is 0 Å². The molecule has 0 radical (unpaired) electrons. The summed E-state index contributed by atoms with van der Waals surface area (Å²) in [5.74, 6) is -0.255. The predicted molar refractivity (Wildman–Crippen MR) is 84.8 cm³/mol. The van der Waals surface area contributed by atoms with Crippen LogP contribution in [0.15, 0.2) is 48.5 Å². The Kier molecular flexibility index (Phi) is 5.12. The predicted octanol–water partition coefficient (Wildman–Crippen LogP) is 3.62. The van der Waals surface area contributed by atoms with Gasteiger partial charge >= 0.3 is 5.97 Å². The second kappa shape index (κ2) is 7.04. The minimum atomic E-state index is -0.340. The first-order valence-electron chi connectivity index (χ1n) is 7.19. The van der Waals surface area contributed by atoms with Crippen molar-refractivity contribution in [1.29, 1.82) is 0 Å². The summed E-state index contributed by atoms with van der Waals surface area (Å²) in [6, 6.07) is 15.9. The molecule has 1 atom stereocenters. The Morgan fingerprint density at radius 3 is 2.52 bits per heavy atom. The Balaban J connectivity index is 2.28. The molecule has 0 spiro atoms. The maximum Gasteiger partial charge on any atom is 0.307 e. The molecule has 0 amide bonds. The first-order valence-corrected chi connectivity index (χ1v) is 7.19. The zero-order valence-corrected chi connectivity index (χ0v) is 12.5. The average Bonchev–Trinajstić information content (AvgIpc) is 2.48. The molecule has 0 aromatic heterocycles. The summed E-state index contributed by atoms with van der Waals surface area (Å²) in [6.07, 6.45) is 0.201. The first-order chi connectivity index (χ1) is 10.1. The van der Waals surface area contributed by atoms with E-state index < -0.39 is 0 Å². The van der Waals surface area contributed by atoms with Gasteiger partial charge in [0.1, 0.15) is 0 Å². The summed E-state index contributed by atoms with van der Waals surface area (Å²) in [5.41, 5.74) is 10.6. The molecule has 0 aliphatic heterocycles. The van der Waals surface area contributed by atoms with E-state index in [-0.39, 0.29) is 18.4 Å². The van der Waals surface area contributed by atoms with Gasteiger partial charge in [0.2, 0.25) is 0 Å². The van der Waals surface area contributed by atoms with Crippen molar-refractivity contribution >= 4 is 5.97 Å². The van der Waals surface area contributed by atoms with Crippen molar-refractivity contribution in [1.82, 2.24) is 0 Å². The van der Waals surface area contributed by atoms with Gasteiger partial charge in [-0.15, -0.1) is 0 Å².